The van der Waals surface area contributed by atoms with Gasteiger partial charge in [0.2, 0.25) is 12.0 Å². The van der Waals surface area contributed by atoms with Gasteiger partial charge in [-0.15, -0.1) is 0 Å². The van der Waals surface area contributed by atoms with E-state index in [-0.39, 0.29) is 30.8 Å². The van der Waals surface area contributed by atoms with E-state index in [4.69, 9.17) is 19.0 Å². The first kappa shape index (κ1) is 19.9. The van der Waals surface area contributed by atoms with E-state index < -0.39 is 18.2 Å². The summed E-state index contributed by atoms with van der Waals surface area (Å²) in [7, 11) is 0. The molecule has 2 N–H and O–H groups in total. The maximum atomic E-state index is 12.9. The molecule has 30 heavy (non-hydrogen) atoms. The number of hydrogen-bond acceptors (Lipinski definition) is 6. The summed E-state index contributed by atoms with van der Waals surface area (Å²) in [4.78, 5) is 24.5. The van der Waals surface area contributed by atoms with Crippen molar-refractivity contribution in [1.82, 2.24) is 0 Å². The number of carbonyl (C=O) groups is 1. The number of benzene rings is 2. The Morgan fingerprint density at radius 2 is 1.83 bits per heavy atom. The zero-order chi connectivity index (χ0) is 21.1. The summed E-state index contributed by atoms with van der Waals surface area (Å²) in [6, 6.07) is 14.1. The summed E-state index contributed by atoms with van der Waals surface area (Å²) >= 11 is 0. The van der Waals surface area contributed by atoms with Crippen molar-refractivity contribution in [1.29, 1.82) is 0 Å². The number of para-hydroxylation sites is 1. The van der Waals surface area contributed by atoms with Crippen LogP contribution in [0.1, 0.15) is 29.0 Å². The van der Waals surface area contributed by atoms with E-state index in [1.165, 1.54) is 12.3 Å². The highest BCUT2D eigenvalue weighted by molar-refractivity contribution is 5.84. The summed E-state index contributed by atoms with van der Waals surface area (Å²) < 4.78 is 16.8. The number of ether oxygens (including phenoxy) is 2. The van der Waals surface area contributed by atoms with Gasteiger partial charge in [-0.2, -0.15) is 0 Å². The third-order valence-electron chi connectivity index (χ3n) is 5.02. The van der Waals surface area contributed by atoms with Gasteiger partial charge in [0, 0.05) is 17.9 Å². The molecule has 1 aliphatic heterocycles. The zero-order valence-corrected chi connectivity index (χ0v) is 16.0. The second kappa shape index (κ2) is 8.52. The minimum absolute atomic E-state index is 0.0460. The fourth-order valence-electron chi connectivity index (χ4n) is 3.41. The van der Waals surface area contributed by atoms with E-state index >= 15 is 0 Å². The predicted octanol–water partition coefficient (Wildman–Crippen LogP) is 3.30. The molecular weight excluding hydrogens is 388 g/mol. The molecule has 0 saturated carbocycles. The lowest BCUT2D eigenvalue weighted by atomic mass is 9.93. The molecule has 7 heteroatoms. The standard InChI is InChI=1S/C23H20O7/c24-11-14-5-7-15(8-6-14)12-29-21-10-16(9-20(30-21)23(26)27)18-13-28-19-4-2-1-3-17(19)22(18)25/h1-9,13,16,21,24H,10-12H2,(H,26,27)/t16-,21+/m0/s1. The average molecular weight is 408 g/mol. The van der Waals surface area contributed by atoms with Gasteiger partial charge in [-0.25, -0.2) is 4.79 Å². The van der Waals surface area contributed by atoms with Crippen LogP contribution in [0.3, 0.4) is 0 Å². The topological polar surface area (TPSA) is 106 Å². The van der Waals surface area contributed by atoms with Gasteiger partial charge in [0.1, 0.15) is 5.58 Å². The van der Waals surface area contributed by atoms with Crippen molar-refractivity contribution in [2.75, 3.05) is 0 Å². The van der Waals surface area contributed by atoms with Crippen LogP contribution in [0.5, 0.6) is 0 Å². The molecule has 1 aromatic heterocycles. The van der Waals surface area contributed by atoms with Gasteiger partial charge in [-0.3, -0.25) is 4.79 Å². The third kappa shape index (κ3) is 4.12. The van der Waals surface area contributed by atoms with Gasteiger partial charge in [-0.1, -0.05) is 36.4 Å². The van der Waals surface area contributed by atoms with Crippen molar-refractivity contribution in [2.45, 2.75) is 31.8 Å². The Morgan fingerprint density at radius 1 is 1.10 bits per heavy atom. The van der Waals surface area contributed by atoms with Crippen LogP contribution in [0.2, 0.25) is 0 Å². The number of fused-ring (bicyclic) bond motifs is 1. The van der Waals surface area contributed by atoms with Crippen LogP contribution in [0.15, 0.2) is 75.8 Å². The molecule has 0 bridgehead atoms. The maximum Gasteiger partial charge on any atom is 0.370 e. The second-order valence-corrected chi connectivity index (χ2v) is 7.03. The first-order valence-electron chi connectivity index (χ1n) is 9.47. The molecule has 154 valence electrons. The van der Waals surface area contributed by atoms with E-state index in [1.54, 1.807) is 36.4 Å². The Balaban J connectivity index is 1.57. The molecule has 1 aliphatic rings. The SMILES string of the molecule is O=C(O)C1=C[C@H](c2coc3ccccc3c2=O)C[C@H](OCc2ccc(CO)cc2)O1. The van der Waals surface area contributed by atoms with Crippen molar-refractivity contribution in [3.8, 4) is 0 Å². The Kier molecular flexibility index (Phi) is 5.65. The number of aliphatic hydroxyl groups excluding tert-OH is 1. The molecule has 4 rings (SSSR count). The normalized spacial score (nSPS) is 18.6. The summed E-state index contributed by atoms with van der Waals surface area (Å²) in [5.74, 6) is -2.02. The lowest BCUT2D eigenvalue weighted by Crippen LogP contribution is -2.28. The molecule has 0 amide bonds. The lowest BCUT2D eigenvalue weighted by molar-refractivity contribution is -0.160. The highest BCUT2D eigenvalue weighted by Crippen LogP contribution is 2.31. The summed E-state index contributed by atoms with van der Waals surface area (Å²) in [6.45, 7) is 0.151. The Labute approximate surface area is 171 Å². The Morgan fingerprint density at radius 3 is 2.57 bits per heavy atom. The van der Waals surface area contributed by atoms with Gasteiger partial charge in [0.05, 0.1) is 24.9 Å². The fraction of sp³-hybridized carbons (Fsp3) is 0.217. The van der Waals surface area contributed by atoms with Crippen LogP contribution in [0.4, 0.5) is 0 Å². The number of aliphatic hydroxyl groups is 1. The summed E-state index contributed by atoms with van der Waals surface area (Å²) in [5.41, 5.74) is 2.26. The molecule has 0 spiro atoms. The minimum Gasteiger partial charge on any atom is -0.475 e. The number of carboxylic acids is 1. The van der Waals surface area contributed by atoms with Crippen LogP contribution < -0.4 is 5.43 Å². The highest BCUT2D eigenvalue weighted by atomic mass is 16.7. The van der Waals surface area contributed by atoms with E-state index in [2.05, 4.69) is 0 Å². The first-order valence-corrected chi connectivity index (χ1v) is 9.47. The molecule has 2 atom stereocenters. The number of carboxylic acid groups (broad SMARTS) is 1. The van der Waals surface area contributed by atoms with Crippen molar-refractivity contribution in [3.63, 3.8) is 0 Å². The summed E-state index contributed by atoms with van der Waals surface area (Å²) in [5, 5.41) is 19.0. The largest absolute Gasteiger partial charge is 0.475 e. The van der Waals surface area contributed by atoms with Crippen LogP contribution in [0, 0.1) is 0 Å². The number of hydrogen-bond donors (Lipinski definition) is 2. The molecule has 7 nitrogen and oxygen atoms in total. The van der Waals surface area contributed by atoms with E-state index in [9.17, 15) is 14.7 Å². The van der Waals surface area contributed by atoms with Gasteiger partial charge < -0.3 is 24.1 Å². The van der Waals surface area contributed by atoms with Crippen molar-refractivity contribution in [3.05, 3.63) is 93.5 Å². The molecule has 0 unspecified atom stereocenters. The number of allylic oxidation sites excluding steroid dienone is 1. The monoisotopic (exact) mass is 408 g/mol. The first-order chi connectivity index (χ1) is 14.5. The molecule has 0 fully saturated rings. The van der Waals surface area contributed by atoms with Crippen LogP contribution in [0.25, 0.3) is 11.0 Å². The Hall–Kier alpha value is -3.42. The van der Waals surface area contributed by atoms with E-state index in [0.29, 0.717) is 16.5 Å². The van der Waals surface area contributed by atoms with Crippen molar-refractivity contribution in [2.24, 2.45) is 0 Å². The molecule has 2 aromatic carbocycles. The van der Waals surface area contributed by atoms with Crippen molar-refractivity contribution < 1.29 is 28.9 Å². The molecule has 3 aromatic rings. The average Bonchev–Trinajstić information content (AvgIpc) is 2.78. The van der Waals surface area contributed by atoms with Gasteiger partial charge in [0.15, 0.2) is 5.43 Å². The number of rotatable bonds is 6. The zero-order valence-electron chi connectivity index (χ0n) is 16.0. The molecule has 2 heterocycles. The van der Waals surface area contributed by atoms with E-state index in [1.807, 2.05) is 12.1 Å². The lowest BCUT2D eigenvalue weighted by Gasteiger charge is -2.28. The fourth-order valence-corrected chi connectivity index (χ4v) is 3.41. The predicted molar refractivity (Wildman–Crippen MR) is 108 cm³/mol. The quantitative estimate of drug-likeness (QED) is 0.644. The molecular formula is C23H20O7. The van der Waals surface area contributed by atoms with Crippen LogP contribution in [-0.4, -0.2) is 22.5 Å². The van der Waals surface area contributed by atoms with Gasteiger partial charge >= 0.3 is 5.97 Å². The molecule has 0 aliphatic carbocycles. The van der Waals surface area contributed by atoms with Gasteiger partial charge in [0.25, 0.3) is 0 Å². The summed E-state index contributed by atoms with van der Waals surface area (Å²) in [6.07, 6.45) is 2.23. The number of aliphatic carboxylic acids is 1. The van der Waals surface area contributed by atoms with E-state index in [0.717, 1.165) is 11.1 Å². The Bertz CT molecular complexity index is 1140. The van der Waals surface area contributed by atoms with Crippen molar-refractivity contribution >= 4 is 16.9 Å². The van der Waals surface area contributed by atoms with Gasteiger partial charge in [-0.05, 0) is 29.3 Å². The van der Waals surface area contributed by atoms with Crippen LogP contribution in [-0.2, 0) is 27.5 Å². The molecule has 0 saturated heterocycles. The van der Waals surface area contributed by atoms with Crippen LogP contribution >= 0.6 is 0 Å². The second-order valence-electron chi connectivity index (χ2n) is 7.03. The maximum absolute atomic E-state index is 12.9. The smallest absolute Gasteiger partial charge is 0.370 e. The minimum atomic E-state index is -1.23. The third-order valence-corrected chi connectivity index (χ3v) is 5.02. The highest BCUT2D eigenvalue weighted by Gasteiger charge is 2.30. The molecule has 0 radical (unpaired) electrons.